The van der Waals surface area contributed by atoms with Crippen LogP contribution in [0, 0.1) is 5.41 Å². The second-order valence-corrected chi connectivity index (χ2v) is 3.14. The van der Waals surface area contributed by atoms with Gasteiger partial charge in [-0.3, -0.25) is 0 Å². The fraction of sp³-hybridized carbons (Fsp3) is 0.556. The fourth-order valence-corrected chi connectivity index (χ4v) is 0.443. The minimum Gasteiger partial charge on any atom is -0.478 e. The van der Waals surface area contributed by atoms with Crippen LogP contribution in [0.5, 0.6) is 0 Å². The van der Waals surface area contributed by atoms with Gasteiger partial charge in [0.15, 0.2) is 0 Å². The number of hydrogen-bond acceptors (Lipinski definition) is 6. The first-order chi connectivity index (χ1) is 7.87. The Bertz CT molecular complexity index is 222. The van der Waals surface area contributed by atoms with Gasteiger partial charge in [-0.15, -0.1) is 0 Å². The second-order valence-electron chi connectivity index (χ2n) is 3.14. The average molecular weight is 252 g/mol. The van der Waals surface area contributed by atoms with E-state index < -0.39 is 43.8 Å². The molecule has 0 unspecified atom stereocenters. The van der Waals surface area contributed by atoms with Gasteiger partial charge in [0.05, 0.1) is 31.8 Å². The number of rotatable bonds is 6. The highest BCUT2D eigenvalue weighted by Crippen LogP contribution is 2.11. The maximum Gasteiger partial charge on any atom is 0.328 e. The summed E-state index contributed by atoms with van der Waals surface area (Å²) < 4.78 is 0. The highest BCUT2D eigenvalue weighted by atomic mass is 16.4. The summed E-state index contributed by atoms with van der Waals surface area (Å²) in [5.41, 5.74) is -1.11. The lowest BCUT2D eigenvalue weighted by molar-refractivity contribution is -0.134. The molecule has 0 aromatic rings. The maximum absolute atomic E-state index is 9.55. The lowest BCUT2D eigenvalue weighted by Gasteiger charge is -2.23. The van der Waals surface area contributed by atoms with E-state index in [-0.39, 0.29) is 0 Å². The van der Waals surface area contributed by atoms with E-state index in [1.165, 1.54) is 0 Å². The van der Waals surface area contributed by atoms with Gasteiger partial charge >= 0.3 is 11.9 Å². The molecule has 0 radical (unpaired) electrons. The van der Waals surface area contributed by atoms with Crippen LogP contribution in [0.1, 0.15) is 0 Å². The molecule has 0 aromatic heterocycles. The number of hydrogen-bond donors (Lipinski definition) is 6. The van der Waals surface area contributed by atoms with E-state index in [0.717, 1.165) is 0 Å². The van der Waals surface area contributed by atoms with E-state index in [2.05, 4.69) is 0 Å². The van der Waals surface area contributed by atoms with E-state index in [1.807, 2.05) is 0 Å². The van der Waals surface area contributed by atoms with Gasteiger partial charge in [-0.05, 0) is 0 Å². The van der Waals surface area contributed by atoms with Crippen LogP contribution < -0.4 is 0 Å². The first-order valence-electron chi connectivity index (χ1n) is 4.45. The van der Waals surface area contributed by atoms with Crippen LogP contribution in [0.4, 0.5) is 0 Å². The van der Waals surface area contributed by atoms with Crippen LogP contribution in [0.3, 0.4) is 0 Å². The van der Waals surface area contributed by atoms with Crippen molar-refractivity contribution in [2.24, 2.45) is 5.41 Å². The highest BCUT2D eigenvalue weighted by molar-refractivity contribution is 5.89. The van der Waals surface area contributed by atoms with E-state index in [9.17, 15) is 9.59 Å². The molecule has 6 N–H and O–H groups in total. The third-order valence-electron chi connectivity index (χ3n) is 1.71. The van der Waals surface area contributed by atoms with Gasteiger partial charge in [-0.25, -0.2) is 9.59 Å². The van der Waals surface area contributed by atoms with Crippen molar-refractivity contribution >= 4 is 11.9 Å². The molecule has 0 aliphatic heterocycles. The summed E-state index contributed by atoms with van der Waals surface area (Å²) in [5, 5.41) is 49.6. The van der Waals surface area contributed by atoms with E-state index >= 15 is 0 Å². The van der Waals surface area contributed by atoms with Crippen molar-refractivity contribution in [2.75, 3.05) is 26.4 Å². The molecule has 0 bridgehead atoms. The number of carboxylic acids is 2. The molecule has 0 saturated heterocycles. The largest absolute Gasteiger partial charge is 0.478 e. The lowest BCUT2D eigenvalue weighted by atomic mass is 9.93. The summed E-state index contributed by atoms with van der Waals surface area (Å²) in [6.07, 6.45) is 1.12. The molecule has 17 heavy (non-hydrogen) atoms. The number of carboxylic acid groups (broad SMARTS) is 2. The summed E-state index contributed by atoms with van der Waals surface area (Å²) in [5.74, 6) is -2.51. The molecular formula is C9H16O8. The summed E-state index contributed by atoms with van der Waals surface area (Å²) in [6.45, 7) is -1.62. The predicted octanol–water partition coefficient (Wildman–Crippen LogP) is -2.35. The minimum absolute atomic E-state index is 0.406. The van der Waals surface area contributed by atoms with Crippen molar-refractivity contribution in [3.8, 4) is 0 Å². The zero-order valence-corrected chi connectivity index (χ0v) is 8.98. The molecule has 8 heteroatoms. The molecule has 0 rings (SSSR count). The van der Waals surface area contributed by atoms with Crippen molar-refractivity contribution in [1.29, 1.82) is 0 Å². The molecule has 0 amide bonds. The minimum atomic E-state index is -1.26. The van der Waals surface area contributed by atoms with Crippen molar-refractivity contribution < 1.29 is 40.2 Å². The molecule has 0 aliphatic carbocycles. The van der Waals surface area contributed by atoms with Crippen LogP contribution in [0.15, 0.2) is 12.2 Å². The highest BCUT2D eigenvalue weighted by Gasteiger charge is 2.26. The van der Waals surface area contributed by atoms with Crippen LogP contribution >= 0.6 is 0 Å². The van der Waals surface area contributed by atoms with Crippen LogP contribution in [-0.2, 0) is 9.59 Å². The Morgan fingerprint density at radius 1 is 0.765 bits per heavy atom. The summed E-state index contributed by atoms with van der Waals surface area (Å²) in [6, 6.07) is 0. The van der Waals surface area contributed by atoms with Crippen LogP contribution in [0.25, 0.3) is 0 Å². The monoisotopic (exact) mass is 252 g/mol. The maximum atomic E-state index is 9.55. The Labute approximate surface area is 97.1 Å². The number of aliphatic hydroxyl groups excluding tert-OH is 4. The second kappa shape index (κ2) is 9.73. The summed E-state index contributed by atoms with van der Waals surface area (Å²) in [7, 11) is 0. The first kappa shape index (κ1) is 17.9. The van der Waals surface area contributed by atoms with E-state index in [1.54, 1.807) is 0 Å². The number of aliphatic carboxylic acids is 2. The van der Waals surface area contributed by atoms with Crippen LogP contribution in [-0.4, -0.2) is 69.0 Å². The van der Waals surface area contributed by atoms with Crippen molar-refractivity contribution in [2.45, 2.75) is 0 Å². The van der Waals surface area contributed by atoms with Gasteiger partial charge in [0.2, 0.25) is 0 Å². The zero-order chi connectivity index (χ0) is 13.9. The molecule has 8 nitrogen and oxygen atoms in total. The molecule has 0 fully saturated rings. The van der Waals surface area contributed by atoms with Crippen molar-refractivity contribution in [3.05, 3.63) is 12.2 Å². The van der Waals surface area contributed by atoms with Crippen molar-refractivity contribution in [3.63, 3.8) is 0 Å². The fourth-order valence-electron chi connectivity index (χ4n) is 0.443. The third-order valence-corrected chi connectivity index (χ3v) is 1.71. The van der Waals surface area contributed by atoms with E-state index in [0.29, 0.717) is 12.2 Å². The Balaban J connectivity index is 0. The molecular weight excluding hydrogens is 236 g/mol. The smallest absolute Gasteiger partial charge is 0.328 e. The number of aliphatic hydroxyl groups is 4. The van der Waals surface area contributed by atoms with Crippen molar-refractivity contribution in [1.82, 2.24) is 0 Å². The van der Waals surface area contributed by atoms with Gasteiger partial charge in [0.1, 0.15) is 0 Å². The first-order valence-corrected chi connectivity index (χ1v) is 4.45. The Morgan fingerprint density at radius 3 is 1.06 bits per heavy atom. The molecule has 0 atom stereocenters. The van der Waals surface area contributed by atoms with Gasteiger partial charge in [-0.2, -0.15) is 0 Å². The van der Waals surface area contributed by atoms with Gasteiger partial charge in [0, 0.05) is 12.2 Å². The average Bonchev–Trinajstić information content (AvgIpc) is 2.31. The van der Waals surface area contributed by atoms with Gasteiger partial charge < -0.3 is 30.6 Å². The normalized spacial score (nSPS) is 10.8. The molecule has 100 valence electrons. The number of carbonyl (C=O) groups is 2. The van der Waals surface area contributed by atoms with Gasteiger partial charge in [0.25, 0.3) is 0 Å². The summed E-state index contributed by atoms with van der Waals surface area (Å²) in [4.78, 5) is 19.1. The standard InChI is InChI=1S/C5H12O4.C4H4O4/c6-1-5(2-7,3-8)4-9;5-3(6)1-2-4(7)8/h6-9H,1-4H2;1-2H,(H,5,6)(H,7,8). The van der Waals surface area contributed by atoms with Crippen LogP contribution in [0.2, 0.25) is 0 Å². The molecule has 0 heterocycles. The Morgan fingerprint density at radius 2 is 1.00 bits per heavy atom. The SMILES string of the molecule is O=C(O)C=CC(=O)O.OCC(CO)(CO)CO. The molecule has 0 aliphatic rings. The lowest BCUT2D eigenvalue weighted by Crippen LogP contribution is -2.37. The Hall–Kier alpha value is -1.48. The molecule has 0 spiro atoms. The predicted molar refractivity (Wildman–Crippen MR) is 55.2 cm³/mol. The van der Waals surface area contributed by atoms with E-state index in [4.69, 9.17) is 30.6 Å². The molecule has 0 aromatic carbocycles. The quantitative estimate of drug-likeness (QED) is 0.287. The zero-order valence-electron chi connectivity index (χ0n) is 8.98. The molecule has 0 saturated carbocycles. The van der Waals surface area contributed by atoms with Gasteiger partial charge in [-0.1, -0.05) is 0 Å². The topological polar surface area (TPSA) is 156 Å². The summed E-state index contributed by atoms with van der Waals surface area (Å²) >= 11 is 0. The third kappa shape index (κ3) is 9.45. The Kier molecular flexibility index (Phi) is 10.2.